The number of piperazine rings is 1. The van der Waals surface area contributed by atoms with E-state index in [0.717, 1.165) is 38.4 Å². The summed E-state index contributed by atoms with van der Waals surface area (Å²) in [6.07, 6.45) is 0. The van der Waals surface area contributed by atoms with Crippen LogP contribution in [0, 0.1) is 6.92 Å². The number of benzene rings is 1. The molecule has 128 valence electrons. The highest BCUT2D eigenvalue weighted by Gasteiger charge is 2.28. The van der Waals surface area contributed by atoms with Crippen molar-refractivity contribution in [3.05, 3.63) is 53.2 Å². The quantitative estimate of drug-likeness (QED) is 0.866. The lowest BCUT2D eigenvalue weighted by molar-refractivity contribution is 0.0594. The Balaban J connectivity index is 1.61. The van der Waals surface area contributed by atoms with Gasteiger partial charge in [-0.05, 0) is 11.5 Å². The van der Waals surface area contributed by atoms with Crippen LogP contribution in [0.5, 0.6) is 0 Å². The minimum absolute atomic E-state index is 0.0290. The predicted octanol–water partition coefficient (Wildman–Crippen LogP) is 3.06. The molecule has 0 bridgehead atoms. The van der Waals surface area contributed by atoms with Crippen molar-refractivity contribution >= 4 is 5.91 Å². The summed E-state index contributed by atoms with van der Waals surface area (Å²) >= 11 is 0. The maximum atomic E-state index is 12.8. The van der Waals surface area contributed by atoms with Crippen LogP contribution >= 0.6 is 0 Å². The molecule has 5 nitrogen and oxygen atoms in total. The molecule has 24 heavy (non-hydrogen) atoms. The second-order valence-corrected chi connectivity index (χ2v) is 6.66. The third kappa shape index (κ3) is 3.67. The zero-order chi connectivity index (χ0) is 17.1. The minimum Gasteiger partial charge on any atom is -0.436 e. The van der Waals surface area contributed by atoms with Crippen LogP contribution in [-0.2, 0) is 6.54 Å². The summed E-state index contributed by atoms with van der Waals surface area (Å²) in [7, 11) is 0. The Morgan fingerprint density at radius 1 is 1.17 bits per heavy atom. The number of oxazole rings is 1. The second kappa shape index (κ2) is 7.18. The first-order chi connectivity index (χ1) is 11.5. The highest BCUT2D eigenvalue weighted by atomic mass is 16.4. The minimum atomic E-state index is -0.0290. The van der Waals surface area contributed by atoms with Crippen molar-refractivity contribution in [2.45, 2.75) is 33.2 Å². The van der Waals surface area contributed by atoms with Gasteiger partial charge in [-0.2, -0.15) is 0 Å². The fourth-order valence-electron chi connectivity index (χ4n) is 3.08. The molecule has 1 aliphatic heterocycles. The lowest BCUT2D eigenvalue weighted by Gasteiger charge is -2.34. The van der Waals surface area contributed by atoms with Gasteiger partial charge in [-0.3, -0.25) is 9.69 Å². The van der Waals surface area contributed by atoms with Crippen LogP contribution in [0.15, 0.2) is 34.7 Å². The summed E-state index contributed by atoms with van der Waals surface area (Å²) < 4.78 is 5.60. The number of hydrogen-bond acceptors (Lipinski definition) is 4. The van der Waals surface area contributed by atoms with E-state index in [-0.39, 0.29) is 11.8 Å². The normalized spacial score (nSPS) is 15.9. The van der Waals surface area contributed by atoms with E-state index >= 15 is 0 Å². The van der Waals surface area contributed by atoms with Gasteiger partial charge < -0.3 is 9.32 Å². The molecule has 0 saturated carbocycles. The van der Waals surface area contributed by atoms with E-state index in [9.17, 15) is 4.79 Å². The van der Waals surface area contributed by atoms with E-state index < -0.39 is 0 Å². The standard InChI is InChI=1S/C19H25N3O2/c1-14(2)17-18(24-15(3)20-17)19(23)22-11-9-21(10-12-22)13-16-7-5-4-6-8-16/h4-8,14H,9-13H2,1-3H3. The molecule has 1 aromatic carbocycles. The molecule has 5 heteroatoms. The van der Waals surface area contributed by atoms with E-state index in [1.54, 1.807) is 6.92 Å². The summed E-state index contributed by atoms with van der Waals surface area (Å²) in [4.78, 5) is 21.4. The Kier molecular flexibility index (Phi) is 5.00. The van der Waals surface area contributed by atoms with Crippen LogP contribution in [0.25, 0.3) is 0 Å². The average Bonchev–Trinajstić information content (AvgIpc) is 2.98. The van der Waals surface area contributed by atoms with E-state index in [1.165, 1.54) is 5.56 Å². The third-order valence-electron chi connectivity index (χ3n) is 4.41. The number of rotatable bonds is 4. The first-order valence-electron chi connectivity index (χ1n) is 8.57. The molecule has 1 aromatic heterocycles. The van der Waals surface area contributed by atoms with E-state index in [0.29, 0.717) is 11.7 Å². The lowest BCUT2D eigenvalue weighted by Crippen LogP contribution is -2.48. The van der Waals surface area contributed by atoms with Gasteiger partial charge in [0.15, 0.2) is 5.89 Å². The van der Waals surface area contributed by atoms with Gasteiger partial charge in [-0.1, -0.05) is 44.2 Å². The third-order valence-corrected chi connectivity index (χ3v) is 4.41. The second-order valence-electron chi connectivity index (χ2n) is 6.66. The largest absolute Gasteiger partial charge is 0.436 e. The Labute approximate surface area is 143 Å². The zero-order valence-electron chi connectivity index (χ0n) is 14.7. The number of hydrogen-bond donors (Lipinski definition) is 0. The number of aryl methyl sites for hydroxylation is 1. The molecular formula is C19H25N3O2. The number of aromatic nitrogens is 1. The van der Waals surface area contributed by atoms with Crippen molar-refractivity contribution in [2.75, 3.05) is 26.2 Å². The molecule has 1 fully saturated rings. The fraction of sp³-hybridized carbons (Fsp3) is 0.474. The van der Waals surface area contributed by atoms with Crippen LogP contribution in [0.2, 0.25) is 0 Å². The van der Waals surface area contributed by atoms with Crippen molar-refractivity contribution in [1.82, 2.24) is 14.8 Å². The van der Waals surface area contributed by atoms with Gasteiger partial charge in [0.25, 0.3) is 5.91 Å². The van der Waals surface area contributed by atoms with Crippen LogP contribution in [0.4, 0.5) is 0 Å². The fourth-order valence-corrected chi connectivity index (χ4v) is 3.08. The van der Waals surface area contributed by atoms with Gasteiger partial charge in [0.2, 0.25) is 5.76 Å². The van der Waals surface area contributed by atoms with Gasteiger partial charge in [0.1, 0.15) is 0 Å². The van der Waals surface area contributed by atoms with Crippen molar-refractivity contribution in [3.8, 4) is 0 Å². The van der Waals surface area contributed by atoms with Crippen molar-refractivity contribution < 1.29 is 9.21 Å². The first kappa shape index (κ1) is 16.7. The van der Waals surface area contributed by atoms with Crippen LogP contribution in [0.1, 0.15) is 47.5 Å². The molecule has 3 rings (SSSR count). The maximum Gasteiger partial charge on any atom is 0.291 e. The molecule has 1 aliphatic rings. The van der Waals surface area contributed by atoms with E-state index in [2.05, 4.69) is 34.1 Å². The summed E-state index contributed by atoms with van der Waals surface area (Å²) in [5.41, 5.74) is 2.08. The monoisotopic (exact) mass is 327 g/mol. The molecule has 1 amide bonds. The summed E-state index contributed by atoms with van der Waals surface area (Å²) in [5.74, 6) is 1.13. The van der Waals surface area contributed by atoms with Gasteiger partial charge in [-0.15, -0.1) is 0 Å². The highest BCUT2D eigenvalue weighted by Crippen LogP contribution is 2.22. The number of amides is 1. The van der Waals surface area contributed by atoms with Gasteiger partial charge >= 0.3 is 0 Å². The van der Waals surface area contributed by atoms with Crippen molar-refractivity contribution in [3.63, 3.8) is 0 Å². The SMILES string of the molecule is Cc1nc(C(C)C)c(C(=O)N2CCN(Cc3ccccc3)CC2)o1. The molecule has 2 aromatic rings. The molecule has 0 N–H and O–H groups in total. The van der Waals surface area contributed by atoms with Crippen LogP contribution in [-0.4, -0.2) is 46.9 Å². The van der Waals surface area contributed by atoms with Gasteiger partial charge in [0.05, 0.1) is 5.69 Å². The number of carbonyl (C=O) groups is 1. The average molecular weight is 327 g/mol. The van der Waals surface area contributed by atoms with E-state index in [1.807, 2.05) is 24.8 Å². The van der Waals surface area contributed by atoms with Gasteiger partial charge in [0, 0.05) is 39.6 Å². The summed E-state index contributed by atoms with van der Waals surface area (Å²) in [6, 6.07) is 10.4. The zero-order valence-corrected chi connectivity index (χ0v) is 14.7. The highest BCUT2D eigenvalue weighted by molar-refractivity contribution is 5.92. The number of nitrogens with zero attached hydrogens (tertiary/aromatic N) is 3. The topological polar surface area (TPSA) is 49.6 Å². The van der Waals surface area contributed by atoms with Crippen LogP contribution in [0.3, 0.4) is 0 Å². The maximum absolute atomic E-state index is 12.8. The Bertz CT molecular complexity index is 686. The molecule has 0 atom stereocenters. The number of carbonyl (C=O) groups excluding carboxylic acids is 1. The lowest BCUT2D eigenvalue weighted by atomic mass is 10.1. The smallest absolute Gasteiger partial charge is 0.291 e. The van der Waals surface area contributed by atoms with Gasteiger partial charge in [-0.25, -0.2) is 4.98 Å². The van der Waals surface area contributed by atoms with Crippen molar-refractivity contribution in [1.29, 1.82) is 0 Å². The Hall–Kier alpha value is -2.14. The molecule has 1 saturated heterocycles. The summed E-state index contributed by atoms with van der Waals surface area (Å²) in [5, 5.41) is 0. The molecule has 0 aliphatic carbocycles. The molecule has 0 spiro atoms. The van der Waals surface area contributed by atoms with Crippen LogP contribution < -0.4 is 0 Å². The van der Waals surface area contributed by atoms with E-state index in [4.69, 9.17) is 4.42 Å². The molecule has 0 radical (unpaired) electrons. The molecule has 0 unspecified atom stereocenters. The first-order valence-corrected chi connectivity index (χ1v) is 8.57. The van der Waals surface area contributed by atoms with Crippen molar-refractivity contribution in [2.24, 2.45) is 0 Å². The Morgan fingerprint density at radius 2 is 1.83 bits per heavy atom. The summed E-state index contributed by atoms with van der Waals surface area (Å²) in [6.45, 7) is 10.0. The molecule has 2 heterocycles. The Morgan fingerprint density at radius 3 is 2.46 bits per heavy atom. The molecular weight excluding hydrogens is 302 g/mol. The predicted molar refractivity (Wildman–Crippen MR) is 93.0 cm³/mol.